The lowest BCUT2D eigenvalue weighted by molar-refractivity contribution is -0.135. The summed E-state index contributed by atoms with van der Waals surface area (Å²) in [6.07, 6.45) is 7.17. The van der Waals surface area contributed by atoms with Gasteiger partial charge in [0.05, 0.1) is 4.91 Å². The molecule has 1 aromatic carbocycles. The van der Waals surface area contributed by atoms with Crippen molar-refractivity contribution in [2.75, 3.05) is 19.6 Å². The molecule has 1 aromatic rings. The van der Waals surface area contributed by atoms with E-state index in [0.29, 0.717) is 18.0 Å². The molecule has 0 saturated carbocycles. The number of hydrogen-bond donors (Lipinski definition) is 0. The van der Waals surface area contributed by atoms with Crippen molar-refractivity contribution < 1.29 is 14.4 Å². The summed E-state index contributed by atoms with van der Waals surface area (Å²) in [5.74, 6) is -0.561. The standard InChI is InChI=1S/C18H17BrN2O3S/c19-14-8-6-13(7-9-14)4-3-5-15-17(23)21(18(24)25-15)12-16(22)20-10-1-2-11-20/h3-9H,1-2,10-12H2/b4-3+,15-5-. The van der Waals surface area contributed by atoms with E-state index >= 15 is 0 Å². The highest BCUT2D eigenvalue weighted by molar-refractivity contribution is 9.10. The second-order valence-corrected chi connectivity index (χ2v) is 7.70. The van der Waals surface area contributed by atoms with Gasteiger partial charge in [0.15, 0.2) is 0 Å². The third kappa shape index (κ3) is 4.41. The van der Waals surface area contributed by atoms with Gasteiger partial charge in [0.25, 0.3) is 11.1 Å². The molecule has 0 N–H and O–H groups in total. The van der Waals surface area contributed by atoms with Crippen molar-refractivity contribution >= 4 is 50.8 Å². The van der Waals surface area contributed by atoms with Gasteiger partial charge in [0.2, 0.25) is 5.91 Å². The Hall–Kier alpha value is -1.86. The molecular formula is C18H17BrN2O3S. The van der Waals surface area contributed by atoms with Crippen LogP contribution >= 0.6 is 27.7 Å². The van der Waals surface area contributed by atoms with Crippen molar-refractivity contribution in [3.8, 4) is 0 Å². The van der Waals surface area contributed by atoms with Crippen LogP contribution in [0, 0.1) is 0 Å². The molecule has 2 saturated heterocycles. The first-order chi connectivity index (χ1) is 12.0. The van der Waals surface area contributed by atoms with E-state index in [1.54, 1.807) is 17.1 Å². The fraction of sp³-hybridized carbons (Fsp3) is 0.278. The highest BCUT2D eigenvalue weighted by Crippen LogP contribution is 2.30. The summed E-state index contributed by atoms with van der Waals surface area (Å²) in [6, 6.07) is 7.73. The van der Waals surface area contributed by atoms with Gasteiger partial charge in [0, 0.05) is 17.6 Å². The Morgan fingerprint density at radius 3 is 2.52 bits per heavy atom. The molecule has 2 aliphatic rings. The van der Waals surface area contributed by atoms with Gasteiger partial charge in [0.1, 0.15) is 6.54 Å². The first kappa shape index (κ1) is 17.9. The molecule has 0 unspecified atom stereocenters. The number of halogens is 1. The molecular weight excluding hydrogens is 404 g/mol. The molecule has 0 bridgehead atoms. The van der Waals surface area contributed by atoms with E-state index in [9.17, 15) is 14.4 Å². The predicted octanol–water partition coefficient (Wildman–Crippen LogP) is 3.66. The quantitative estimate of drug-likeness (QED) is 0.697. The molecule has 5 nitrogen and oxygen atoms in total. The van der Waals surface area contributed by atoms with E-state index in [-0.39, 0.29) is 17.7 Å². The molecule has 0 spiro atoms. The van der Waals surface area contributed by atoms with E-state index < -0.39 is 5.91 Å². The largest absolute Gasteiger partial charge is 0.341 e. The summed E-state index contributed by atoms with van der Waals surface area (Å²) in [5.41, 5.74) is 0.989. The minimum Gasteiger partial charge on any atom is -0.341 e. The molecule has 25 heavy (non-hydrogen) atoms. The maximum atomic E-state index is 12.4. The van der Waals surface area contributed by atoms with E-state index in [1.807, 2.05) is 30.3 Å². The maximum absolute atomic E-state index is 12.4. The number of imide groups is 1. The van der Waals surface area contributed by atoms with Crippen LogP contribution in [0.5, 0.6) is 0 Å². The van der Waals surface area contributed by atoms with E-state index in [2.05, 4.69) is 15.9 Å². The number of hydrogen-bond acceptors (Lipinski definition) is 4. The average Bonchev–Trinajstić information content (AvgIpc) is 3.21. The van der Waals surface area contributed by atoms with Gasteiger partial charge in [-0.25, -0.2) is 0 Å². The lowest BCUT2D eigenvalue weighted by atomic mass is 10.2. The van der Waals surface area contributed by atoms with Crippen LogP contribution in [-0.2, 0) is 9.59 Å². The van der Waals surface area contributed by atoms with Crippen molar-refractivity contribution in [3.63, 3.8) is 0 Å². The number of carbonyl (C=O) groups is 3. The lowest BCUT2D eigenvalue weighted by Crippen LogP contribution is -2.40. The monoisotopic (exact) mass is 420 g/mol. The Bertz CT molecular complexity index is 752. The summed E-state index contributed by atoms with van der Waals surface area (Å²) in [4.78, 5) is 39.6. The number of likely N-dealkylation sites (tertiary alicyclic amines) is 1. The Balaban J connectivity index is 1.63. The van der Waals surface area contributed by atoms with Gasteiger partial charge >= 0.3 is 0 Å². The van der Waals surface area contributed by atoms with E-state index in [4.69, 9.17) is 0 Å². The summed E-state index contributed by atoms with van der Waals surface area (Å²) in [7, 11) is 0. The van der Waals surface area contributed by atoms with E-state index in [1.165, 1.54) is 0 Å². The number of rotatable bonds is 4. The van der Waals surface area contributed by atoms with Crippen LogP contribution in [0.15, 0.2) is 45.8 Å². The second kappa shape index (κ2) is 8.01. The normalized spacial score (nSPS) is 19.6. The van der Waals surface area contributed by atoms with Crippen LogP contribution in [0.3, 0.4) is 0 Å². The molecule has 3 rings (SSSR count). The highest BCUT2D eigenvalue weighted by atomic mass is 79.9. The van der Waals surface area contributed by atoms with Crippen molar-refractivity contribution in [2.45, 2.75) is 12.8 Å². The summed E-state index contributed by atoms with van der Waals surface area (Å²) in [5, 5.41) is -0.388. The zero-order valence-electron chi connectivity index (χ0n) is 13.5. The number of carbonyl (C=O) groups excluding carboxylic acids is 3. The molecule has 2 heterocycles. The fourth-order valence-corrected chi connectivity index (χ4v) is 3.73. The fourth-order valence-electron chi connectivity index (χ4n) is 2.67. The number of allylic oxidation sites excluding steroid dienone is 2. The molecule has 0 aromatic heterocycles. The van der Waals surface area contributed by atoms with Crippen molar-refractivity contribution in [1.82, 2.24) is 9.80 Å². The number of amides is 3. The van der Waals surface area contributed by atoms with Crippen LogP contribution in [0.25, 0.3) is 6.08 Å². The van der Waals surface area contributed by atoms with Crippen LogP contribution < -0.4 is 0 Å². The summed E-state index contributed by atoms with van der Waals surface area (Å²) >= 11 is 4.25. The number of nitrogens with zero attached hydrogens (tertiary/aromatic N) is 2. The molecule has 130 valence electrons. The zero-order chi connectivity index (χ0) is 17.8. The van der Waals surface area contributed by atoms with Crippen molar-refractivity contribution in [3.05, 3.63) is 51.4 Å². The van der Waals surface area contributed by atoms with Crippen LogP contribution in [0.1, 0.15) is 18.4 Å². The third-order valence-corrected chi connectivity index (χ3v) is 5.49. The average molecular weight is 421 g/mol. The van der Waals surface area contributed by atoms with Gasteiger partial charge in [-0.1, -0.05) is 40.2 Å². The molecule has 3 amide bonds. The predicted molar refractivity (Wildman–Crippen MR) is 102 cm³/mol. The Labute approximate surface area is 158 Å². The minimum absolute atomic E-state index is 0.161. The lowest BCUT2D eigenvalue weighted by Gasteiger charge is -2.18. The summed E-state index contributed by atoms with van der Waals surface area (Å²) in [6.45, 7) is 1.25. The minimum atomic E-state index is -0.400. The maximum Gasteiger partial charge on any atom is 0.294 e. The Kier molecular flexibility index (Phi) is 5.75. The molecule has 0 atom stereocenters. The van der Waals surface area contributed by atoms with Gasteiger partial charge in [-0.15, -0.1) is 0 Å². The first-order valence-corrected chi connectivity index (χ1v) is 9.61. The van der Waals surface area contributed by atoms with Gasteiger partial charge in [-0.2, -0.15) is 0 Å². The molecule has 2 aliphatic heterocycles. The van der Waals surface area contributed by atoms with Crippen LogP contribution in [-0.4, -0.2) is 46.5 Å². The number of thioether (sulfide) groups is 1. The van der Waals surface area contributed by atoms with Crippen LogP contribution in [0.2, 0.25) is 0 Å². The zero-order valence-corrected chi connectivity index (χ0v) is 15.9. The molecule has 2 fully saturated rings. The SMILES string of the molecule is O=C(CN1C(=O)S/C(=C\C=C\c2ccc(Br)cc2)C1=O)N1CCCC1. The summed E-state index contributed by atoms with van der Waals surface area (Å²) < 4.78 is 0.994. The Morgan fingerprint density at radius 1 is 1.16 bits per heavy atom. The van der Waals surface area contributed by atoms with Gasteiger partial charge in [-0.3, -0.25) is 19.3 Å². The van der Waals surface area contributed by atoms with Gasteiger partial charge < -0.3 is 4.90 Å². The topological polar surface area (TPSA) is 57.7 Å². The second-order valence-electron chi connectivity index (χ2n) is 5.79. The van der Waals surface area contributed by atoms with E-state index in [0.717, 1.165) is 39.5 Å². The van der Waals surface area contributed by atoms with Gasteiger partial charge in [-0.05, 0) is 48.4 Å². The third-order valence-electron chi connectivity index (χ3n) is 4.03. The smallest absolute Gasteiger partial charge is 0.294 e. The molecule has 0 radical (unpaired) electrons. The first-order valence-electron chi connectivity index (χ1n) is 8.00. The molecule has 7 heteroatoms. The van der Waals surface area contributed by atoms with Crippen molar-refractivity contribution in [1.29, 1.82) is 0 Å². The van der Waals surface area contributed by atoms with Crippen molar-refractivity contribution in [2.24, 2.45) is 0 Å². The molecule has 0 aliphatic carbocycles. The van der Waals surface area contributed by atoms with Crippen LogP contribution in [0.4, 0.5) is 4.79 Å². The highest BCUT2D eigenvalue weighted by Gasteiger charge is 2.37. The Morgan fingerprint density at radius 2 is 1.84 bits per heavy atom. The number of benzene rings is 1.